The Morgan fingerprint density at radius 2 is 1.41 bits per heavy atom. The van der Waals surface area contributed by atoms with Crippen LogP contribution in [0.1, 0.15) is 0 Å². The van der Waals surface area contributed by atoms with Crippen LogP contribution in [-0.2, 0) is 0 Å². The van der Waals surface area contributed by atoms with Gasteiger partial charge in [0.2, 0.25) is 0 Å². The average Bonchev–Trinajstić information content (AvgIpc) is 3.15. The molecule has 0 aliphatic heterocycles. The second-order valence-electron chi connectivity index (χ2n) is 6.07. The summed E-state index contributed by atoms with van der Waals surface area (Å²) in [7, 11) is 1.69. The van der Waals surface area contributed by atoms with Crippen LogP contribution in [0, 0.1) is 0 Å². The first-order valence-electron chi connectivity index (χ1n) is 8.74. The minimum Gasteiger partial charge on any atom is -0.497 e. The fraction of sp³-hybridized carbons (Fsp3) is 0.0870. The fourth-order valence-electron chi connectivity index (χ4n) is 3.18. The van der Waals surface area contributed by atoms with Crippen molar-refractivity contribution in [1.29, 1.82) is 0 Å². The molecule has 0 bridgehead atoms. The molecule has 0 amide bonds. The van der Waals surface area contributed by atoms with E-state index < -0.39 is 0 Å². The third kappa shape index (κ3) is 3.36. The van der Waals surface area contributed by atoms with Gasteiger partial charge in [0.25, 0.3) is 0 Å². The predicted molar refractivity (Wildman–Crippen MR) is 113 cm³/mol. The van der Waals surface area contributed by atoms with Crippen molar-refractivity contribution in [2.75, 3.05) is 13.4 Å². The fourth-order valence-corrected chi connectivity index (χ4v) is 3.76. The minimum atomic E-state index is 0.848. The molecule has 3 aromatic carbocycles. The lowest BCUT2D eigenvalue weighted by Gasteiger charge is -2.11. The highest BCUT2D eigenvalue weighted by Gasteiger charge is 2.21. The van der Waals surface area contributed by atoms with E-state index in [0.717, 1.165) is 38.8 Å². The van der Waals surface area contributed by atoms with Crippen LogP contribution in [0.5, 0.6) is 5.75 Å². The quantitative estimate of drug-likeness (QED) is 0.406. The topological polar surface area (TPSA) is 27.1 Å². The highest BCUT2D eigenvalue weighted by Crippen LogP contribution is 2.40. The molecule has 4 heteroatoms. The van der Waals surface area contributed by atoms with Crippen molar-refractivity contribution in [3.05, 3.63) is 84.9 Å². The Morgan fingerprint density at radius 1 is 0.778 bits per heavy atom. The number of hydrogen-bond acceptors (Lipinski definition) is 3. The summed E-state index contributed by atoms with van der Waals surface area (Å²) in [6.45, 7) is 0. The maximum absolute atomic E-state index is 5.32. The minimum absolute atomic E-state index is 0.848. The zero-order valence-corrected chi connectivity index (χ0v) is 16.1. The van der Waals surface area contributed by atoms with Gasteiger partial charge in [-0.1, -0.05) is 60.7 Å². The van der Waals surface area contributed by atoms with Crippen molar-refractivity contribution in [1.82, 2.24) is 9.78 Å². The third-order valence-corrected chi connectivity index (χ3v) is 5.15. The molecular formula is C23H20N2OS. The van der Waals surface area contributed by atoms with E-state index >= 15 is 0 Å². The second-order valence-corrected chi connectivity index (χ2v) is 6.87. The van der Waals surface area contributed by atoms with Crippen molar-refractivity contribution >= 4 is 11.8 Å². The summed E-state index contributed by atoms with van der Waals surface area (Å²) in [5, 5.41) is 5.95. The maximum Gasteiger partial charge on any atom is 0.127 e. The number of methoxy groups -OCH3 is 1. The van der Waals surface area contributed by atoms with Gasteiger partial charge in [0.05, 0.1) is 18.5 Å². The molecule has 0 radical (unpaired) electrons. The van der Waals surface area contributed by atoms with Crippen LogP contribution >= 0.6 is 11.8 Å². The third-order valence-electron chi connectivity index (χ3n) is 4.47. The molecule has 27 heavy (non-hydrogen) atoms. The second kappa shape index (κ2) is 7.72. The van der Waals surface area contributed by atoms with E-state index in [2.05, 4.69) is 54.8 Å². The standard InChI is InChI=1S/C23H20N2OS/c1-26-20-15-13-17(14-16-20)21-22(18-9-5-3-6-10-18)25(24-23(21)27-2)19-11-7-4-8-12-19/h3-16H,1-2H3. The van der Waals surface area contributed by atoms with E-state index in [-0.39, 0.29) is 0 Å². The van der Waals surface area contributed by atoms with Gasteiger partial charge in [-0.25, -0.2) is 4.68 Å². The molecule has 0 atom stereocenters. The van der Waals surface area contributed by atoms with Crippen LogP contribution < -0.4 is 4.74 Å². The molecule has 1 heterocycles. The Hall–Kier alpha value is -2.98. The number of ether oxygens (including phenoxy) is 1. The van der Waals surface area contributed by atoms with Crippen LogP contribution in [-0.4, -0.2) is 23.1 Å². The SMILES string of the molecule is COc1ccc(-c2c(SC)nn(-c3ccccc3)c2-c2ccccc2)cc1. The molecular weight excluding hydrogens is 352 g/mol. The molecule has 1 aromatic heterocycles. The van der Waals surface area contributed by atoms with Crippen molar-refractivity contribution in [2.45, 2.75) is 5.03 Å². The first-order valence-corrected chi connectivity index (χ1v) is 9.96. The predicted octanol–water partition coefficient (Wildman–Crippen LogP) is 5.94. The van der Waals surface area contributed by atoms with Gasteiger partial charge in [0, 0.05) is 11.1 Å². The Morgan fingerprint density at radius 3 is 2.00 bits per heavy atom. The molecule has 134 valence electrons. The first kappa shape index (κ1) is 17.4. The molecule has 0 unspecified atom stereocenters. The van der Waals surface area contributed by atoms with Gasteiger partial charge >= 0.3 is 0 Å². The van der Waals surface area contributed by atoms with E-state index in [0.29, 0.717) is 0 Å². The molecule has 0 fully saturated rings. The van der Waals surface area contributed by atoms with Crippen LogP contribution in [0.2, 0.25) is 0 Å². The summed E-state index contributed by atoms with van der Waals surface area (Å²) >= 11 is 1.66. The van der Waals surface area contributed by atoms with Gasteiger partial charge < -0.3 is 4.74 Å². The van der Waals surface area contributed by atoms with Crippen LogP contribution in [0.15, 0.2) is 90.0 Å². The van der Waals surface area contributed by atoms with Crippen molar-refractivity contribution in [3.8, 4) is 33.8 Å². The van der Waals surface area contributed by atoms with E-state index in [4.69, 9.17) is 9.84 Å². The molecule has 0 N–H and O–H groups in total. The van der Waals surface area contributed by atoms with Gasteiger partial charge in [-0.3, -0.25) is 0 Å². The highest BCUT2D eigenvalue weighted by atomic mass is 32.2. The van der Waals surface area contributed by atoms with Crippen LogP contribution in [0.4, 0.5) is 0 Å². The van der Waals surface area contributed by atoms with Gasteiger partial charge in [0.15, 0.2) is 0 Å². The van der Waals surface area contributed by atoms with E-state index in [1.807, 2.05) is 41.1 Å². The summed E-state index contributed by atoms with van der Waals surface area (Å²) in [5.41, 5.74) is 5.55. The Kier molecular flexibility index (Phi) is 4.99. The van der Waals surface area contributed by atoms with E-state index in [1.54, 1.807) is 18.9 Å². The molecule has 0 saturated carbocycles. The summed E-state index contributed by atoms with van der Waals surface area (Å²) in [4.78, 5) is 0. The number of thioether (sulfide) groups is 1. The monoisotopic (exact) mass is 372 g/mol. The van der Waals surface area contributed by atoms with Crippen molar-refractivity contribution < 1.29 is 4.74 Å². The number of nitrogens with zero attached hydrogens (tertiary/aromatic N) is 2. The van der Waals surface area contributed by atoms with Gasteiger partial charge in [-0.15, -0.1) is 11.8 Å². The van der Waals surface area contributed by atoms with Gasteiger partial charge in [0.1, 0.15) is 10.8 Å². The van der Waals surface area contributed by atoms with Crippen molar-refractivity contribution in [2.24, 2.45) is 0 Å². The van der Waals surface area contributed by atoms with Crippen molar-refractivity contribution in [3.63, 3.8) is 0 Å². The molecule has 0 spiro atoms. The zero-order valence-electron chi connectivity index (χ0n) is 15.3. The molecule has 4 aromatic rings. The largest absolute Gasteiger partial charge is 0.497 e. The molecule has 0 aliphatic carbocycles. The number of hydrogen-bond donors (Lipinski definition) is 0. The lowest BCUT2D eigenvalue weighted by atomic mass is 10.0. The zero-order chi connectivity index (χ0) is 18.6. The Labute approximate surface area is 163 Å². The van der Waals surface area contributed by atoms with E-state index in [9.17, 15) is 0 Å². The lowest BCUT2D eigenvalue weighted by molar-refractivity contribution is 0.415. The summed E-state index contributed by atoms with van der Waals surface area (Å²) in [5.74, 6) is 0.848. The molecule has 4 rings (SSSR count). The van der Waals surface area contributed by atoms with Gasteiger partial charge in [-0.05, 0) is 36.1 Å². The lowest BCUT2D eigenvalue weighted by Crippen LogP contribution is -1.99. The number of benzene rings is 3. The number of para-hydroxylation sites is 1. The molecule has 0 saturated heterocycles. The highest BCUT2D eigenvalue weighted by molar-refractivity contribution is 7.98. The van der Waals surface area contributed by atoms with E-state index in [1.165, 1.54) is 0 Å². The Bertz CT molecular complexity index is 1030. The number of aromatic nitrogens is 2. The van der Waals surface area contributed by atoms with Crippen LogP contribution in [0.25, 0.3) is 28.1 Å². The Balaban J connectivity index is 2.00. The smallest absolute Gasteiger partial charge is 0.127 e. The average molecular weight is 372 g/mol. The summed E-state index contributed by atoms with van der Waals surface area (Å²) in [6, 6.07) is 28.9. The maximum atomic E-state index is 5.32. The normalized spacial score (nSPS) is 10.7. The molecule has 0 aliphatic rings. The molecule has 3 nitrogen and oxygen atoms in total. The number of rotatable bonds is 5. The summed E-state index contributed by atoms with van der Waals surface area (Å²) in [6.07, 6.45) is 2.07. The summed E-state index contributed by atoms with van der Waals surface area (Å²) < 4.78 is 7.37. The van der Waals surface area contributed by atoms with Gasteiger partial charge in [-0.2, -0.15) is 5.10 Å². The van der Waals surface area contributed by atoms with Crippen LogP contribution in [0.3, 0.4) is 0 Å². The first-order chi connectivity index (χ1) is 13.3.